The lowest BCUT2D eigenvalue weighted by atomic mass is 10.1. The average Bonchev–Trinajstić information content (AvgIpc) is 2.85. The zero-order valence-corrected chi connectivity index (χ0v) is 12.7. The number of hydrogen-bond donors (Lipinski definition) is 1. The molecule has 0 saturated heterocycles. The molecule has 106 valence electrons. The number of para-hydroxylation sites is 1. The highest BCUT2D eigenvalue weighted by molar-refractivity contribution is 5.51. The summed E-state index contributed by atoms with van der Waals surface area (Å²) >= 11 is 0. The van der Waals surface area contributed by atoms with Gasteiger partial charge in [-0.25, -0.2) is 4.68 Å². The highest BCUT2D eigenvalue weighted by atomic mass is 15.3. The molecule has 1 heterocycles. The number of nitrogens with zero attached hydrogens (tertiary/aromatic N) is 2. The molecule has 0 unspecified atom stereocenters. The molecule has 3 nitrogen and oxygen atoms in total. The van der Waals surface area contributed by atoms with Crippen molar-refractivity contribution in [1.29, 1.82) is 0 Å². The highest BCUT2D eigenvalue weighted by Gasteiger charge is 2.08. The van der Waals surface area contributed by atoms with Gasteiger partial charge < -0.3 is 5.32 Å². The summed E-state index contributed by atoms with van der Waals surface area (Å²) in [6.07, 6.45) is 6.12. The van der Waals surface area contributed by atoms with Gasteiger partial charge in [0.2, 0.25) is 0 Å². The van der Waals surface area contributed by atoms with E-state index in [0.29, 0.717) is 0 Å². The first kappa shape index (κ1) is 14.5. The lowest BCUT2D eigenvalue weighted by Crippen LogP contribution is -2.36. The number of aromatic nitrogens is 2. The van der Waals surface area contributed by atoms with Crippen LogP contribution in [0, 0.1) is 0 Å². The molecule has 0 radical (unpaired) electrons. The molecule has 0 aliphatic rings. The van der Waals surface area contributed by atoms with Crippen LogP contribution in [0.5, 0.6) is 0 Å². The van der Waals surface area contributed by atoms with Crippen LogP contribution in [0.2, 0.25) is 0 Å². The first-order valence-corrected chi connectivity index (χ1v) is 6.96. The molecule has 0 atom stereocenters. The maximum absolute atomic E-state index is 4.40. The van der Waals surface area contributed by atoms with Gasteiger partial charge in [0, 0.05) is 23.8 Å². The summed E-state index contributed by atoms with van der Waals surface area (Å²) in [6.45, 7) is 9.55. The van der Waals surface area contributed by atoms with Gasteiger partial charge in [-0.3, -0.25) is 0 Å². The Bertz CT molecular complexity index is 574. The molecule has 2 rings (SSSR count). The van der Waals surface area contributed by atoms with E-state index >= 15 is 0 Å². The van der Waals surface area contributed by atoms with Crippen molar-refractivity contribution in [2.75, 3.05) is 6.54 Å². The Hall–Kier alpha value is -1.87. The van der Waals surface area contributed by atoms with Gasteiger partial charge in [0.15, 0.2) is 0 Å². The number of rotatable bonds is 4. The normalized spacial score (nSPS) is 12.7. The fourth-order valence-corrected chi connectivity index (χ4v) is 1.87. The van der Waals surface area contributed by atoms with Gasteiger partial charge in [-0.1, -0.05) is 29.8 Å². The number of nitrogens with one attached hydrogen (secondary N) is 1. The quantitative estimate of drug-likeness (QED) is 0.918. The van der Waals surface area contributed by atoms with Gasteiger partial charge >= 0.3 is 0 Å². The van der Waals surface area contributed by atoms with Gasteiger partial charge in [0.25, 0.3) is 0 Å². The minimum Gasteiger partial charge on any atom is -0.308 e. The van der Waals surface area contributed by atoms with Crippen LogP contribution in [0.3, 0.4) is 0 Å². The minimum absolute atomic E-state index is 0.142. The van der Waals surface area contributed by atoms with Crippen molar-refractivity contribution in [3.05, 3.63) is 53.9 Å². The van der Waals surface area contributed by atoms with Crippen molar-refractivity contribution >= 4 is 6.08 Å². The maximum atomic E-state index is 4.40. The predicted molar refractivity (Wildman–Crippen MR) is 85.0 cm³/mol. The van der Waals surface area contributed by atoms with Crippen LogP contribution in [-0.4, -0.2) is 21.9 Å². The van der Waals surface area contributed by atoms with Gasteiger partial charge in [-0.05, 0) is 39.8 Å². The molecule has 1 aromatic carbocycles. The molecule has 20 heavy (non-hydrogen) atoms. The van der Waals surface area contributed by atoms with Crippen molar-refractivity contribution in [2.24, 2.45) is 0 Å². The molecule has 0 bridgehead atoms. The zero-order valence-electron chi connectivity index (χ0n) is 12.7. The molecule has 0 aliphatic carbocycles. The zero-order chi connectivity index (χ0) is 14.6. The summed E-state index contributed by atoms with van der Waals surface area (Å²) in [6, 6.07) is 10.1. The van der Waals surface area contributed by atoms with E-state index in [4.69, 9.17) is 0 Å². The molecule has 0 fully saturated rings. The van der Waals surface area contributed by atoms with Crippen LogP contribution in [0.15, 0.2) is 48.3 Å². The topological polar surface area (TPSA) is 29.9 Å². The van der Waals surface area contributed by atoms with E-state index in [1.54, 1.807) is 0 Å². The van der Waals surface area contributed by atoms with E-state index in [9.17, 15) is 0 Å². The monoisotopic (exact) mass is 269 g/mol. The molecule has 0 amide bonds. The molecule has 1 aromatic heterocycles. The lowest BCUT2D eigenvalue weighted by molar-refractivity contribution is 0.445. The first-order valence-electron chi connectivity index (χ1n) is 6.96. The van der Waals surface area contributed by atoms with Crippen LogP contribution in [0.25, 0.3) is 11.8 Å². The molecule has 3 heteroatoms. The Kier molecular flexibility index (Phi) is 4.40. The summed E-state index contributed by atoms with van der Waals surface area (Å²) in [5.41, 5.74) is 3.65. The SMILES string of the molecule is CC(=Cc1cnn(-c2ccccc2)c1)CNC(C)(C)C. The van der Waals surface area contributed by atoms with Crippen molar-refractivity contribution in [3.63, 3.8) is 0 Å². The van der Waals surface area contributed by atoms with Gasteiger partial charge in [-0.15, -0.1) is 0 Å². The van der Waals surface area contributed by atoms with Crippen LogP contribution in [0.4, 0.5) is 0 Å². The summed E-state index contributed by atoms with van der Waals surface area (Å²) in [5.74, 6) is 0. The molecular weight excluding hydrogens is 246 g/mol. The van der Waals surface area contributed by atoms with E-state index in [0.717, 1.165) is 17.8 Å². The lowest BCUT2D eigenvalue weighted by Gasteiger charge is -2.20. The molecule has 0 aliphatic heterocycles. The third kappa shape index (κ3) is 4.35. The summed E-state index contributed by atoms with van der Waals surface area (Å²) in [4.78, 5) is 0. The van der Waals surface area contributed by atoms with E-state index < -0.39 is 0 Å². The third-order valence-corrected chi connectivity index (χ3v) is 2.93. The van der Waals surface area contributed by atoms with Crippen LogP contribution < -0.4 is 5.32 Å². The van der Waals surface area contributed by atoms with Gasteiger partial charge in [-0.2, -0.15) is 5.10 Å². The summed E-state index contributed by atoms with van der Waals surface area (Å²) in [5, 5.41) is 7.88. The molecule has 2 aromatic rings. The van der Waals surface area contributed by atoms with Crippen molar-refractivity contribution < 1.29 is 0 Å². The Morgan fingerprint density at radius 3 is 2.60 bits per heavy atom. The smallest absolute Gasteiger partial charge is 0.0645 e. The van der Waals surface area contributed by atoms with Crippen LogP contribution in [0.1, 0.15) is 33.3 Å². The third-order valence-electron chi connectivity index (χ3n) is 2.93. The fourth-order valence-electron chi connectivity index (χ4n) is 1.87. The minimum atomic E-state index is 0.142. The fraction of sp³-hybridized carbons (Fsp3) is 0.353. The first-order chi connectivity index (χ1) is 9.44. The number of hydrogen-bond acceptors (Lipinski definition) is 2. The van der Waals surface area contributed by atoms with E-state index in [-0.39, 0.29) is 5.54 Å². The predicted octanol–water partition coefficient (Wildman–Crippen LogP) is 3.66. The second-order valence-electron chi connectivity index (χ2n) is 6.15. The van der Waals surface area contributed by atoms with Crippen molar-refractivity contribution in [1.82, 2.24) is 15.1 Å². The Morgan fingerprint density at radius 1 is 1.25 bits per heavy atom. The van der Waals surface area contributed by atoms with E-state index in [1.807, 2.05) is 29.1 Å². The van der Waals surface area contributed by atoms with Gasteiger partial charge in [0.1, 0.15) is 0 Å². The van der Waals surface area contributed by atoms with Crippen LogP contribution >= 0.6 is 0 Å². The molecule has 0 saturated carbocycles. The Labute approximate surface area is 121 Å². The second-order valence-corrected chi connectivity index (χ2v) is 6.15. The maximum Gasteiger partial charge on any atom is 0.0645 e. The van der Waals surface area contributed by atoms with Gasteiger partial charge in [0.05, 0.1) is 11.9 Å². The summed E-state index contributed by atoms with van der Waals surface area (Å²) < 4.78 is 1.90. The molecule has 1 N–H and O–H groups in total. The van der Waals surface area contributed by atoms with E-state index in [1.165, 1.54) is 5.57 Å². The molecule has 0 spiro atoms. The summed E-state index contributed by atoms with van der Waals surface area (Å²) in [7, 11) is 0. The standard InChI is InChI=1S/C17H23N3/c1-14(11-18-17(2,3)4)10-15-12-19-20(13-15)16-8-6-5-7-9-16/h5-10,12-13,18H,11H2,1-4H3. The largest absolute Gasteiger partial charge is 0.308 e. The van der Waals surface area contributed by atoms with Crippen LogP contribution in [-0.2, 0) is 0 Å². The molecular formula is C17H23N3. The second kappa shape index (κ2) is 6.06. The number of benzene rings is 1. The highest BCUT2D eigenvalue weighted by Crippen LogP contribution is 2.11. The van der Waals surface area contributed by atoms with Crippen molar-refractivity contribution in [2.45, 2.75) is 33.2 Å². The Morgan fingerprint density at radius 2 is 1.95 bits per heavy atom. The Balaban J connectivity index is 2.06. The van der Waals surface area contributed by atoms with E-state index in [2.05, 4.69) is 62.5 Å². The van der Waals surface area contributed by atoms with Crippen molar-refractivity contribution in [3.8, 4) is 5.69 Å². The average molecular weight is 269 g/mol.